The molecule has 1 saturated heterocycles. The fraction of sp³-hybridized carbons (Fsp3) is 0.412. The van der Waals surface area contributed by atoms with Gasteiger partial charge in [-0.2, -0.15) is 0 Å². The van der Waals surface area contributed by atoms with Gasteiger partial charge < -0.3 is 19.1 Å². The third-order valence-electron chi connectivity index (χ3n) is 4.27. The van der Waals surface area contributed by atoms with Gasteiger partial charge in [-0.25, -0.2) is 23.1 Å². The molecule has 9 nitrogen and oxygen atoms in total. The van der Waals surface area contributed by atoms with Gasteiger partial charge in [-0.1, -0.05) is 0 Å². The van der Waals surface area contributed by atoms with Crippen LogP contribution in [0.1, 0.15) is 5.82 Å². The lowest BCUT2D eigenvalue weighted by Crippen LogP contribution is -2.37. The molecule has 3 heterocycles. The fourth-order valence-electron chi connectivity index (χ4n) is 2.88. The minimum absolute atomic E-state index is 0.00500. The Morgan fingerprint density at radius 2 is 1.81 bits per heavy atom. The van der Waals surface area contributed by atoms with Crippen LogP contribution in [0.2, 0.25) is 0 Å². The molecule has 0 aliphatic carbocycles. The summed E-state index contributed by atoms with van der Waals surface area (Å²) in [5, 5.41) is 0. The van der Waals surface area contributed by atoms with Gasteiger partial charge >= 0.3 is 0 Å². The molecular formula is C17H20N4O5S. The lowest BCUT2D eigenvalue weighted by Gasteiger charge is -2.27. The van der Waals surface area contributed by atoms with Gasteiger partial charge in [0.25, 0.3) is 0 Å². The number of sulfonamides is 1. The Labute approximate surface area is 157 Å². The van der Waals surface area contributed by atoms with E-state index in [0.29, 0.717) is 43.8 Å². The number of rotatable bonds is 5. The predicted octanol–water partition coefficient (Wildman–Crippen LogP) is 0.563. The maximum absolute atomic E-state index is 12.6. The summed E-state index contributed by atoms with van der Waals surface area (Å²) in [7, 11) is -3.73. The van der Waals surface area contributed by atoms with Crippen LogP contribution in [0.15, 0.2) is 35.4 Å². The number of aromatic nitrogens is 2. The van der Waals surface area contributed by atoms with Crippen molar-refractivity contribution in [2.24, 2.45) is 0 Å². The Balaban J connectivity index is 1.46. The highest BCUT2D eigenvalue weighted by Crippen LogP contribution is 2.32. The number of ether oxygens (including phenoxy) is 3. The van der Waals surface area contributed by atoms with Gasteiger partial charge in [0.05, 0.1) is 24.7 Å². The predicted molar refractivity (Wildman–Crippen MR) is 96.5 cm³/mol. The number of benzene rings is 1. The number of nitrogens with zero attached hydrogens (tertiary/aromatic N) is 3. The van der Waals surface area contributed by atoms with E-state index < -0.39 is 10.0 Å². The van der Waals surface area contributed by atoms with Crippen LogP contribution in [0.25, 0.3) is 0 Å². The molecule has 0 unspecified atom stereocenters. The van der Waals surface area contributed by atoms with E-state index in [-0.39, 0.29) is 11.4 Å². The number of hydrogen-bond acceptors (Lipinski definition) is 8. The summed E-state index contributed by atoms with van der Waals surface area (Å²) in [6.07, 6.45) is 1.63. The molecule has 1 N–H and O–H groups in total. The first-order valence-corrected chi connectivity index (χ1v) is 10.1. The fourth-order valence-corrected chi connectivity index (χ4v) is 3.87. The Morgan fingerprint density at radius 1 is 1.04 bits per heavy atom. The molecule has 0 amide bonds. The van der Waals surface area contributed by atoms with Gasteiger partial charge in [0.2, 0.25) is 10.0 Å². The number of fused-ring (bicyclic) bond motifs is 1. The average molecular weight is 392 g/mol. The zero-order valence-corrected chi connectivity index (χ0v) is 15.4. The first-order valence-electron chi connectivity index (χ1n) is 8.66. The largest absolute Gasteiger partial charge is 0.486 e. The molecule has 0 bridgehead atoms. The molecule has 27 heavy (non-hydrogen) atoms. The molecule has 1 aromatic heterocycles. The van der Waals surface area contributed by atoms with Crippen LogP contribution in [0, 0.1) is 0 Å². The van der Waals surface area contributed by atoms with E-state index in [2.05, 4.69) is 19.6 Å². The normalized spacial score (nSPS) is 17.0. The highest BCUT2D eigenvalue weighted by atomic mass is 32.2. The van der Waals surface area contributed by atoms with Crippen molar-refractivity contribution < 1.29 is 22.6 Å². The smallest absolute Gasteiger partial charge is 0.241 e. The quantitative estimate of drug-likeness (QED) is 0.788. The summed E-state index contributed by atoms with van der Waals surface area (Å²) in [6, 6.07) is 6.35. The Kier molecular flexibility index (Phi) is 5.10. The molecule has 2 aliphatic rings. The highest BCUT2D eigenvalue weighted by Gasteiger charge is 2.20. The van der Waals surface area contributed by atoms with E-state index in [1.165, 1.54) is 12.1 Å². The lowest BCUT2D eigenvalue weighted by atomic mass is 10.3. The highest BCUT2D eigenvalue weighted by molar-refractivity contribution is 7.89. The van der Waals surface area contributed by atoms with E-state index in [9.17, 15) is 8.42 Å². The first kappa shape index (κ1) is 18.0. The molecule has 1 fully saturated rings. The van der Waals surface area contributed by atoms with Crippen LogP contribution in [0.4, 0.5) is 5.82 Å². The van der Waals surface area contributed by atoms with Crippen molar-refractivity contribution >= 4 is 15.8 Å². The second-order valence-corrected chi connectivity index (χ2v) is 7.83. The van der Waals surface area contributed by atoms with Crippen LogP contribution < -0.4 is 19.1 Å². The Bertz CT molecular complexity index is 915. The third kappa shape index (κ3) is 4.12. The molecule has 0 spiro atoms. The van der Waals surface area contributed by atoms with Crippen LogP contribution in [0.5, 0.6) is 11.5 Å². The Hall–Kier alpha value is -2.43. The molecule has 4 rings (SSSR count). The summed E-state index contributed by atoms with van der Waals surface area (Å²) in [4.78, 5) is 10.8. The van der Waals surface area contributed by atoms with Crippen molar-refractivity contribution in [3.05, 3.63) is 36.3 Å². The van der Waals surface area contributed by atoms with Gasteiger partial charge in [0.1, 0.15) is 24.9 Å². The van der Waals surface area contributed by atoms with Crippen LogP contribution in [-0.2, 0) is 21.3 Å². The number of morpholine rings is 1. The van der Waals surface area contributed by atoms with Gasteiger partial charge in [-0.05, 0) is 18.2 Å². The van der Waals surface area contributed by atoms with Crippen molar-refractivity contribution in [1.82, 2.24) is 14.7 Å². The average Bonchev–Trinajstić information content (AvgIpc) is 2.73. The number of anilines is 1. The molecule has 0 radical (unpaired) electrons. The number of nitrogens with one attached hydrogen (secondary N) is 1. The second kappa shape index (κ2) is 7.67. The molecular weight excluding hydrogens is 372 g/mol. The van der Waals surface area contributed by atoms with Gasteiger partial charge in [0, 0.05) is 25.4 Å². The Morgan fingerprint density at radius 3 is 2.63 bits per heavy atom. The third-order valence-corrected chi connectivity index (χ3v) is 5.67. The van der Waals surface area contributed by atoms with E-state index in [4.69, 9.17) is 14.2 Å². The molecule has 2 aliphatic heterocycles. The van der Waals surface area contributed by atoms with E-state index >= 15 is 0 Å². The van der Waals surface area contributed by atoms with E-state index in [1.807, 2.05) is 6.07 Å². The van der Waals surface area contributed by atoms with Crippen LogP contribution in [-0.4, -0.2) is 57.9 Å². The van der Waals surface area contributed by atoms with Gasteiger partial charge in [0.15, 0.2) is 11.5 Å². The topological polar surface area (TPSA) is 103 Å². The standard InChI is InChI=1S/C17H20N4O5S/c22-27(23,13-1-2-14-15(11-13)26-10-9-25-14)19-12-16-18-4-3-17(20-16)21-5-7-24-8-6-21/h1-4,11,19H,5-10,12H2. The van der Waals surface area contributed by atoms with Crippen molar-refractivity contribution in [3.63, 3.8) is 0 Å². The summed E-state index contributed by atoms with van der Waals surface area (Å²) >= 11 is 0. The van der Waals surface area contributed by atoms with E-state index in [0.717, 1.165) is 18.9 Å². The maximum Gasteiger partial charge on any atom is 0.241 e. The molecule has 2 aromatic rings. The summed E-state index contributed by atoms with van der Waals surface area (Å²) in [6.45, 7) is 3.64. The molecule has 144 valence electrons. The summed E-state index contributed by atoms with van der Waals surface area (Å²) in [5.74, 6) is 2.14. The SMILES string of the molecule is O=S(=O)(NCc1nccc(N2CCOCC2)n1)c1ccc2c(c1)OCCO2. The summed E-state index contributed by atoms with van der Waals surface area (Å²) in [5.41, 5.74) is 0. The zero-order chi connectivity index (χ0) is 18.7. The number of hydrogen-bond donors (Lipinski definition) is 1. The zero-order valence-electron chi connectivity index (χ0n) is 14.6. The van der Waals surface area contributed by atoms with Crippen molar-refractivity contribution in [2.75, 3.05) is 44.4 Å². The molecule has 10 heteroatoms. The second-order valence-electron chi connectivity index (χ2n) is 6.06. The van der Waals surface area contributed by atoms with Gasteiger partial charge in [-0.15, -0.1) is 0 Å². The minimum atomic E-state index is -3.73. The van der Waals surface area contributed by atoms with E-state index in [1.54, 1.807) is 12.3 Å². The summed E-state index contributed by atoms with van der Waals surface area (Å²) < 4.78 is 43.9. The maximum atomic E-state index is 12.6. The first-order chi connectivity index (χ1) is 13.1. The monoisotopic (exact) mass is 392 g/mol. The van der Waals surface area contributed by atoms with Crippen molar-refractivity contribution in [3.8, 4) is 11.5 Å². The van der Waals surface area contributed by atoms with Crippen LogP contribution >= 0.6 is 0 Å². The van der Waals surface area contributed by atoms with Crippen LogP contribution in [0.3, 0.4) is 0 Å². The molecule has 0 saturated carbocycles. The van der Waals surface area contributed by atoms with Gasteiger partial charge in [-0.3, -0.25) is 0 Å². The minimum Gasteiger partial charge on any atom is -0.486 e. The molecule has 1 aromatic carbocycles. The lowest BCUT2D eigenvalue weighted by molar-refractivity contribution is 0.122. The molecule has 0 atom stereocenters. The van der Waals surface area contributed by atoms with Crippen molar-refractivity contribution in [2.45, 2.75) is 11.4 Å². The van der Waals surface area contributed by atoms with Crippen molar-refractivity contribution in [1.29, 1.82) is 0 Å².